The van der Waals surface area contributed by atoms with Gasteiger partial charge in [-0.25, -0.2) is 4.98 Å². The van der Waals surface area contributed by atoms with Crippen LogP contribution in [0, 0.1) is 0 Å². The van der Waals surface area contributed by atoms with Crippen molar-refractivity contribution in [1.29, 1.82) is 0 Å². The first-order valence-electron chi connectivity index (χ1n) is 4.98. The Balaban J connectivity index is 2.23. The second-order valence-electron chi connectivity index (χ2n) is 3.42. The van der Waals surface area contributed by atoms with E-state index < -0.39 is 0 Å². The molecule has 0 radical (unpaired) electrons. The van der Waals surface area contributed by atoms with E-state index in [1.54, 1.807) is 19.5 Å². The molecule has 2 aromatic rings. The first kappa shape index (κ1) is 10.4. The quantitative estimate of drug-likeness (QED) is 0.845. The zero-order chi connectivity index (χ0) is 11.4. The summed E-state index contributed by atoms with van der Waals surface area (Å²) in [4.78, 5) is 8.21. The van der Waals surface area contributed by atoms with E-state index in [0.717, 1.165) is 17.0 Å². The molecule has 0 aliphatic heterocycles. The molecule has 1 aromatic carbocycles. The van der Waals surface area contributed by atoms with E-state index >= 15 is 0 Å². The molecule has 0 saturated carbocycles. The summed E-state index contributed by atoms with van der Waals surface area (Å²) < 4.78 is 5.27. The fourth-order valence-electron chi connectivity index (χ4n) is 1.50. The maximum Gasteiger partial charge on any atom is 0.141 e. The van der Waals surface area contributed by atoms with Crippen LogP contribution in [0.3, 0.4) is 0 Å². The van der Waals surface area contributed by atoms with E-state index in [2.05, 4.69) is 9.97 Å². The second kappa shape index (κ2) is 4.61. The van der Waals surface area contributed by atoms with Gasteiger partial charge in [0.15, 0.2) is 0 Å². The van der Waals surface area contributed by atoms with Crippen LogP contribution in [0.25, 0.3) is 0 Å². The minimum Gasteiger partial charge on any atom is -0.496 e. The van der Waals surface area contributed by atoms with Gasteiger partial charge in [0.25, 0.3) is 0 Å². The topological polar surface area (TPSA) is 61.0 Å². The van der Waals surface area contributed by atoms with Gasteiger partial charge < -0.3 is 10.5 Å². The summed E-state index contributed by atoms with van der Waals surface area (Å²) in [5.74, 6) is 1.30. The number of nitrogen functional groups attached to an aromatic ring is 1. The third-order valence-electron chi connectivity index (χ3n) is 2.29. The van der Waals surface area contributed by atoms with Crippen molar-refractivity contribution in [2.24, 2.45) is 0 Å². The van der Waals surface area contributed by atoms with E-state index in [4.69, 9.17) is 10.5 Å². The first-order chi connectivity index (χ1) is 7.79. The molecule has 0 amide bonds. The number of rotatable bonds is 3. The molecular weight excluding hydrogens is 202 g/mol. The molecule has 0 atom stereocenters. The smallest absolute Gasteiger partial charge is 0.141 e. The van der Waals surface area contributed by atoms with Gasteiger partial charge in [-0.3, -0.25) is 4.98 Å². The Morgan fingerprint density at radius 3 is 2.69 bits per heavy atom. The van der Waals surface area contributed by atoms with Crippen molar-refractivity contribution >= 4 is 5.82 Å². The van der Waals surface area contributed by atoms with E-state index in [-0.39, 0.29) is 0 Å². The number of ether oxygens (including phenoxy) is 1. The lowest BCUT2D eigenvalue weighted by molar-refractivity contribution is 0.410. The lowest BCUT2D eigenvalue weighted by Gasteiger charge is -2.07. The zero-order valence-corrected chi connectivity index (χ0v) is 9.05. The van der Waals surface area contributed by atoms with E-state index in [0.29, 0.717) is 12.2 Å². The normalized spacial score (nSPS) is 10.1. The zero-order valence-electron chi connectivity index (χ0n) is 9.05. The van der Waals surface area contributed by atoms with Crippen LogP contribution < -0.4 is 10.5 Å². The summed E-state index contributed by atoms with van der Waals surface area (Å²) in [6.45, 7) is 0. The van der Waals surface area contributed by atoms with Crippen LogP contribution in [0.15, 0.2) is 36.7 Å². The molecule has 16 heavy (non-hydrogen) atoms. The summed E-state index contributed by atoms with van der Waals surface area (Å²) in [6.07, 6.45) is 3.93. The van der Waals surface area contributed by atoms with E-state index in [1.165, 1.54) is 0 Å². The van der Waals surface area contributed by atoms with Crippen molar-refractivity contribution in [3.63, 3.8) is 0 Å². The van der Waals surface area contributed by atoms with Crippen LogP contribution in [-0.2, 0) is 6.42 Å². The number of nitrogens with two attached hydrogens (primary N) is 1. The van der Waals surface area contributed by atoms with Crippen LogP contribution in [0.2, 0.25) is 0 Å². The molecule has 0 aliphatic rings. The van der Waals surface area contributed by atoms with Crippen molar-refractivity contribution in [2.45, 2.75) is 6.42 Å². The molecule has 0 spiro atoms. The third kappa shape index (κ3) is 2.28. The lowest BCUT2D eigenvalue weighted by atomic mass is 10.1. The number of nitrogens with zero attached hydrogens (tertiary/aromatic N) is 2. The maximum atomic E-state index is 5.48. The molecule has 0 unspecified atom stereocenters. The van der Waals surface area contributed by atoms with Gasteiger partial charge in [-0.15, -0.1) is 0 Å². The highest BCUT2D eigenvalue weighted by Gasteiger charge is 2.03. The SMILES string of the molecule is COc1ccccc1Cc1cnc(N)cn1. The molecule has 0 bridgehead atoms. The highest BCUT2D eigenvalue weighted by molar-refractivity contribution is 5.36. The highest BCUT2D eigenvalue weighted by Crippen LogP contribution is 2.19. The van der Waals surface area contributed by atoms with Crippen LogP contribution >= 0.6 is 0 Å². The van der Waals surface area contributed by atoms with E-state index in [9.17, 15) is 0 Å². The van der Waals surface area contributed by atoms with Gasteiger partial charge in [0.1, 0.15) is 11.6 Å². The van der Waals surface area contributed by atoms with Crippen LogP contribution in [-0.4, -0.2) is 17.1 Å². The van der Waals surface area contributed by atoms with Gasteiger partial charge in [0.05, 0.1) is 25.2 Å². The molecule has 1 heterocycles. The minimum absolute atomic E-state index is 0.434. The Hall–Kier alpha value is -2.10. The van der Waals surface area contributed by atoms with Crippen molar-refractivity contribution < 1.29 is 4.74 Å². The largest absolute Gasteiger partial charge is 0.496 e. The first-order valence-corrected chi connectivity index (χ1v) is 4.98. The van der Waals surface area contributed by atoms with Crippen molar-refractivity contribution in [2.75, 3.05) is 12.8 Å². The van der Waals surface area contributed by atoms with Gasteiger partial charge in [-0.1, -0.05) is 18.2 Å². The second-order valence-corrected chi connectivity index (χ2v) is 3.42. The van der Waals surface area contributed by atoms with Gasteiger partial charge in [0.2, 0.25) is 0 Å². The highest BCUT2D eigenvalue weighted by atomic mass is 16.5. The van der Waals surface area contributed by atoms with E-state index in [1.807, 2.05) is 24.3 Å². The summed E-state index contributed by atoms with van der Waals surface area (Å²) in [7, 11) is 1.66. The molecule has 1 aromatic heterocycles. The fraction of sp³-hybridized carbons (Fsp3) is 0.167. The number of methoxy groups -OCH3 is 1. The van der Waals surface area contributed by atoms with Crippen LogP contribution in [0.1, 0.15) is 11.3 Å². The molecule has 0 fully saturated rings. The van der Waals surface area contributed by atoms with Gasteiger partial charge in [0, 0.05) is 12.0 Å². The molecular formula is C12H13N3O. The molecule has 4 heteroatoms. The molecule has 4 nitrogen and oxygen atoms in total. The molecule has 2 N–H and O–H groups in total. The summed E-state index contributed by atoms with van der Waals surface area (Å²) in [5, 5.41) is 0. The Kier molecular flexibility index (Phi) is 3.00. The Morgan fingerprint density at radius 2 is 2.00 bits per heavy atom. The Labute approximate surface area is 94.1 Å². The minimum atomic E-state index is 0.434. The van der Waals surface area contributed by atoms with Gasteiger partial charge >= 0.3 is 0 Å². The number of anilines is 1. The predicted octanol–water partition coefficient (Wildman–Crippen LogP) is 1.66. The number of hydrogen-bond donors (Lipinski definition) is 1. The maximum absolute atomic E-state index is 5.48. The summed E-state index contributed by atoms with van der Waals surface area (Å²) in [5.41, 5.74) is 7.44. The lowest BCUT2D eigenvalue weighted by Crippen LogP contribution is -1.98. The molecule has 82 valence electrons. The van der Waals surface area contributed by atoms with Crippen LogP contribution in [0.5, 0.6) is 5.75 Å². The standard InChI is InChI=1S/C12H13N3O/c1-16-11-5-3-2-4-9(11)6-10-7-15-12(13)8-14-10/h2-5,7-8H,6H2,1H3,(H2,13,15). The average Bonchev–Trinajstić information content (AvgIpc) is 2.33. The number of para-hydroxylation sites is 1. The third-order valence-corrected chi connectivity index (χ3v) is 2.29. The van der Waals surface area contributed by atoms with Crippen molar-refractivity contribution in [3.05, 3.63) is 47.9 Å². The summed E-state index contributed by atoms with van der Waals surface area (Å²) in [6, 6.07) is 7.86. The predicted molar refractivity (Wildman–Crippen MR) is 62.2 cm³/mol. The van der Waals surface area contributed by atoms with Crippen molar-refractivity contribution in [1.82, 2.24) is 9.97 Å². The monoisotopic (exact) mass is 215 g/mol. The molecule has 0 aliphatic carbocycles. The fourth-order valence-corrected chi connectivity index (χ4v) is 1.50. The Bertz CT molecular complexity index is 468. The van der Waals surface area contributed by atoms with Crippen molar-refractivity contribution in [3.8, 4) is 5.75 Å². The number of hydrogen-bond acceptors (Lipinski definition) is 4. The molecule has 0 saturated heterocycles. The number of benzene rings is 1. The summed E-state index contributed by atoms with van der Waals surface area (Å²) >= 11 is 0. The average molecular weight is 215 g/mol. The number of aromatic nitrogens is 2. The van der Waals surface area contributed by atoms with Crippen LogP contribution in [0.4, 0.5) is 5.82 Å². The van der Waals surface area contributed by atoms with Gasteiger partial charge in [-0.2, -0.15) is 0 Å². The molecule has 2 rings (SSSR count). The Morgan fingerprint density at radius 1 is 1.19 bits per heavy atom. The van der Waals surface area contributed by atoms with Gasteiger partial charge in [-0.05, 0) is 6.07 Å².